The molecule has 24 heavy (non-hydrogen) atoms. The van der Waals surface area contributed by atoms with E-state index >= 15 is 0 Å². The van der Waals surface area contributed by atoms with Crippen molar-refractivity contribution in [2.45, 2.75) is 16.2 Å². The zero-order valence-electron chi connectivity index (χ0n) is 12.7. The molecule has 0 unspecified atom stereocenters. The van der Waals surface area contributed by atoms with Crippen molar-refractivity contribution in [3.63, 3.8) is 0 Å². The van der Waals surface area contributed by atoms with E-state index in [1.54, 1.807) is 18.2 Å². The van der Waals surface area contributed by atoms with Gasteiger partial charge >= 0.3 is 0 Å². The third-order valence-corrected chi connectivity index (χ3v) is 5.63. The van der Waals surface area contributed by atoms with Gasteiger partial charge in [-0.2, -0.15) is 0 Å². The summed E-state index contributed by atoms with van der Waals surface area (Å²) in [6.07, 6.45) is 0.605. The quantitative estimate of drug-likeness (QED) is 0.717. The van der Waals surface area contributed by atoms with Crippen molar-refractivity contribution < 1.29 is 13.2 Å². The van der Waals surface area contributed by atoms with Crippen molar-refractivity contribution in [3.8, 4) is 0 Å². The highest BCUT2D eigenvalue weighted by Gasteiger charge is 2.07. The van der Waals surface area contributed by atoms with Crippen LogP contribution >= 0.6 is 23.4 Å². The van der Waals surface area contributed by atoms with Crippen molar-refractivity contribution in [1.29, 1.82) is 0 Å². The lowest BCUT2D eigenvalue weighted by Gasteiger charge is -2.07. The smallest absolute Gasteiger partial charge is 0.238 e. The Morgan fingerprint density at radius 2 is 1.79 bits per heavy atom. The average molecular weight is 385 g/mol. The zero-order chi connectivity index (χ0) is 17.6. The van der Waals surface area contributed by atoms with E-state index in [-0.39, 0.29) is 16.6 Å². The number of carbonyl (C=O) groups excluding carboxylic acids is 1. The van der Waals surface area contributed by atoms with E-state index in [1.807, 2.05) is 18.2 Å². The highest BCUT2D eigenvalue weighted by atomic mass is 35.5. The van der Waals surface area contributed by atoms with Gasteiger partial charge in [-0.3, -0.25) is 4.79 Å². The fraction of sp³-hybridized carbons (Fsp3) is 0.188. The van der Waals surface area contributed by atoms with Gasteiger partial charge in [0.25, 0.3) is 0 Å². The van der Waals surface area contributed by atoms with Crippen LogP contribution in [0.2, 0.25) is 5.02 Å². The van der Waals surface area contributed by atoms with Crippen molar-refractivity contribution in [1.82, 2.24) is 5.32 Å². The van der Waals surface area contributed by atoms with Gasteiger partial charge in [-0.05, 0) is 36.2 Å². The van der Waals surface area contributed by atoms with Crippen LogP contribution in [0.4, 0.5) is 0 Å². The van der Waals surface area contributed by atoms with Gasteiger partial charge in [0, 0.05) is 11.4 Å². The fourth-order valence-electron chi connectivity index (χ4n) is 1.95. The summed E-state index contributed by atoms with van der Waals surface area (Å²) in [5.74, 6) is 0.203. The van der Waals surface area contributed by atoms with Crippen LogP contribution in [0, 0.1) is 0 Å². The molecule has 0 aromatic heterocycles. The predicted octanol–water partition coefficient (Wildman–Crippen LogP) is 2.44. The van der Waals surface area contributed by atoms with Crippen molar-refractivity contribution in [2.24, 2.45) is 5.14 Å². The molecular weight excluding hydrogens is 368 g/mol. The number of benzene rings is 2. The maximum atomic E-state index is 11.8. The van der Waals surface area contributed by atoms with E-state index in [1.165, 1.54) is 23.9 Å². The topological polar surface area (TPSA) is 89.3 Å². The van der Waals surface area contributed by atoms with E-state index in [0.717, 1.165) is 10.5 Å². The minimum absolute atomic E-state index is 0.0754. The minimum Gasteiger partial charge on any atom is -0.355 e. The molecule has 0 saturated carbocycles. The highest BCUT2D eigenvalue weighted by molar-refractivity contribution is 8.00. The van der Waals surface area contributed by atoms with Crippen LogP contribution in [0.3, 0.4) is 0 Å². The molecule has 0 aliphatic rings. The molecule has 3 N–H and O–H groups in total. The summed E-state index contributed by atoms with van der Waals surface area (Å²) in [7, 11) is -3.67. The fourth-order valence-corrected chi connectivity index (χ4v) is 3.53. The van der Waals surface area contributed by atoms with Crippen LogP contribution < -0.4 is 10.5 Å². The Hall–Kier alpha value is -1.54. The monoisotopic (exact) mass is 384 g/mol. The van der Waals surface area contributed by atoms with E-state index in [0.29, 0.717) is 18.0 Å². The Morgan fingerprint density at radius 1 is 1.12 bits per heavy atom. The van der Waals surface area contributed by atoms with Gasteiger partial charge in [0.1, 0.15) is 0 Å². The summed E-state index contributed by atoms with van der Waals surface area (Å²) in [4.78, 5) is 12.8. The second-order valence-electron chi connectivity index (χ2n) is 5.01. The Bertz CT molecular complexity index is 808. The second kappa shape index (κ2) is 8.53. The summed E-state index contributed by atoms with van der Waals surface area (Å²) < 4.78 is 22.3. The lowest BCUT2D eigenvalue weighted by atomic mass is 10.1. The maximum Gasteiger partial charge on any atom is 0.238 e. The Morgan fingerprint density at radius 3 is 2.42 bits per heavy atom. The van der Waals surface area contributed by atoms with Gasteiger partial charge in [-0.25, -0.2) is 13.6 Å². The number of hydrogen-bond acceptors (Lipinski definition) is 4. The molecule has 0 fully saturated rings. The van der Waals surface area contributed by atoms with Crippen molar-refractivity contribution in [3.05, 3.63) is 59.1 Å². The first-order valence-electron chi connectivity index (χ1n) is 7.12. The van der Waals surface area contributed by atoms with Gasteiger partial charge in [0.2, 0.25) is 15.9 Å². The number of thioether (sulfide) groups is 1. The van der Waals surface area contributed by atoms with Crippen LogP contribution in [0.1, 0.15) is 5.56 Å². The first-order valence-corrected chi connectivity index (χ1v) is 10.0. The largest absolute Gasteiger partial charge is 0.355 e. The summed E-state index contributed by atoms with van der Waals surface area (Å²) in [5, 5.41) is 8.49. The number of carbonyl (C=O) groups is 1. The third-order valence-electron chi connectivity index (χ3n) is 3.18. The second-order valence-corrected chi connectivity index (χ2v) is 7.99. The zero-order valence-corrected chi connectivity index (χ0v) is 15.1. The molecular formula is C16H17ClN2O3S2. The SMILES string of the molecule is NS(=O)(=O)c1ccc(CCNC(=O)CSc2ccccc2Cl)cc1. The molecule has 8 heteroatoms. The van der Waals surface area contributed by atoms with E-state index in [4.69, 9.17) is 16.7 Å². The van der Waals surface area contributed by atoms with Crippen molar-refractivity contribution >= 4 is 39.3 Å². The number of hydrogen-bond donors (Lipinski definition) is 2. The lowest BCUT2D eigenvalue weighted by molar-refractivity contribution is -0.118. The normalized spacial score (nSPS) is 11.2. The van der Waals surface area contributed by atoms with Crippen LogP contribution in [0.25, 0.3) is 0 Å². The summed E-state index contributed by atoms with van der Waals surface area (Å²) in [6.45, 7) is 0.469. The predicted molar refractivity (Wildman–Crippen MR) is 96.7 cm³/mol. The van der Waals surface area contributed by atoms with E-state index in [2.05, 4.69) is 5.32 Å². The Kier molecular flexibility index (Phi) is 6.68. The molecule has 5 nitrogen and oxygen atoms in total. The third kappa shape index (κ3) is 5.83. The minimum atomic E-state index is -3.67. The molecule has 0 saturated heterocycles. The molecule has 0 aliphatic carbocycles. The van der Waals surface area contributed by atoms with Gasteiger partial charge in [-0.1, -0.05) is 35.9 Å². The number of nitrogens with two attached hydrogens (primary N) is 1. The molecule has 0 atom stereocenters. The molecule has 128 valence electrons. The summed E-state index contributed by atoms with van der Waals surface area (Å²) in [5.41, 5.74) is 0.918. The van der Waals surface area contributed by atoms with E-state index in [9.17, 15) is 13.2 Å². The number of rotatable bonds is 7. The standard InChI is InChI=1S/C16H17ClN2O3S2/c17-14-3-1-2-4-15(14)23-11-16(20)19-10-9-12-5-7-13(8-6-12)24(18,21)22/h1-8H,9-11H2,(H,19,20)(H2,18,21,22). The lowest BCUT2D eigenvalue weighted by Crippen LogP contribution is -2.27. The molecule has 1 amide bonds. The number of primary sulfonamides is 1. The highest BCUT2D eigenvalue weighted by Crippen LogP contribution is 2.26. The molecule has 0 bridgehead atoms. The summed E-state index contributed by atoms with van der Waals surface area (Å²) >= 11 is 7.41. The van der Waals surface area contributed by atoms with Crippen LogP contribution in [-0.2, 0) is 21.2 Å². The van der Waals surface area contributed by atoms with Gasteiger partial charge in [-0.15, -0.1) is 11.8 Å². The Labute approximate surface area is 150 Å². The van der Waals surface area contributed by atoms with Crippen LogP contribution in [0.5, 0.6) is 0 Å². The van der Waals surface area contributed by atoms with Crippen molar-refractivity contribution in [2.75, 3.05) is 12.3 Å². The number of amides is 1. The van der Waals surface area contributed by atoms with Gasteiger partial charge in [0.05, 0.1) is 15.7 Å². The number of sulfonamides is 1. The average Bonchev–Trinajstić information content (AvgIpc) is 2.54. The van der Waals surface area contributed by atoms with Gasteiger partial charge < -0.3 is 5.32 Å². The molecule has 0 aliphatic heterocycles. The van der Waals surface area contributed by atoms with Crippen LogP contribution in [-0.4, -0.2) is 26.6 Å². The molecule has 0 heterocycles. The summed E-state index contributed by atoms with van der Waals surface area (Å²) in [6, 6.07) is 13.7. The first kappa shape index (κ1) is 18.8. The van der Waals surface area contributed by atoms with Gasteiger partial charge in [0.15, 0.2) is 0 Å². The van der Waals surface area contributed by atoms with Crippen LogP contribution in [0.15, 0.2) is 58.3 Å². The molecule has 2 aromatic carbocycles. The molecule has 0 radical (unpaired) electrons. The molecule has 2 aromatic rings. The first-order chi connectivity index (χ1) is 11.4. The molecule has 2 rings (SSSR count). The number of halogens is 1. The van der Waals surface area contributed by atoms with E-state index < -0.39 is 10.0 Å². The molecule has 0 spiro atoms. The maximum absolute atomic E-state index is 11.8. The number of nitrogens with one attached hydrogen (secondary N) is 1. The Balaban J connectivity index is 1.75.